The maximum Gasteiger partial charge on any atom is 0.416 e. The fourth-order valence-electron chi connectivity index (χ4n) is 3.11. The minimum Gasteiger partial charge on any atom is -0.268 e. The number of alkyl halides is 3. The number of para-hydroxylation sites is 1. The average molecular weight is 410 g/mol. The van der Waals surface area contributed by atoms with Crippen LogP contribution in [-0.4, -0.2) is 9.55 Å². The number of benzene rings is 3. The van der Waals surface area contributed by atoms with Gasteiger partial charge in [-0.1, -0.05) is 36.4 Å². The first kappa shape index (κ1) is 19.6. The Labute approximate surface area is 168 Å². The molecule has 0 amide bonds. The number of aromatic nitrogens is 2. The van der Waals surface area contributed by atoms with Crippen molar-refractivity contribution in [3.05, 3.63) is 106 Å². The van der Waals surface area contributed by atoms with E-state index in [0.29, 0.717) is 5.52 Å². The summed E-state index contributed by atoms with van der Waals surface area (Å²) in [6.45, 7) is 0. The lowest BCUT2D eigenvalue weighted by atomic mass is 10.1. The van der Waals surface area contributed by atoms with Crippen LogP contribution >= 0.6 is 0 Å². The standard InChI is InChI=1S/C23H14F4N2O/c24-19-10-3-1-6-15(19)12-13-21-28-20-11-4-2-9-18(20)22(30)29(21)17-8-5-7-16(14-17)23(25,26)27/h1-14H/b13-12-. The van der Waals surface area contributed by atoms with Crippen LogP contribution in [0.25, 0.3) is 28.7 Å². The molecule has 0 atom stereocenters. The molecule has 0 radical (unpaired) electrons. The normalized spacial score (nSPS) is 12.0. The molecule has 3 aromatic carbocycles. The lowest BCUT2D eigenvalue weighted by Gasteiger charge is -2.14. The summed E-state index contributed by atoms with van der Waals surface area (Å²) >= 11 is 0. The van der Waals surface area contributed by atoms with Gasteiger partial charge in [-0.3, -0.25) is 9.36 Å². The van der Waals surface area contributed by atoms with Crippen molar-refractivity contribution in [1.82, 2.24) is 9.55 Å². The smallest absolute Gasteiger partial charge is 0.268 e. The van der Waals surface area contributed by atoms with Crippen LogP contribution in [-0.2, 0) is 6.18 Å². The van der Waals surface area contributed by atoms with Gasteiger partial charge in [0.25, 0.3) is 5.56 Å². The second-order valence-corrected chi connectivity index (χ2v) is 6.53. The van der Waals surface area contributed by atoms with Gasteiger partial charge in [0.05, 0.1) is 22.2 Å². The van der Waals surface area contributed by atoms with Crippen LogP contribution in [0.5, 0.6) is 0 Å². The zero-order valence-electron chi connectivity index (χ0n) is 15.4. The van der Waals surface area contributed by atoms with Gasteiger partial charge in [0.1, 0.15) is 11.6 Å². The fraction of sp³-hybridized carbons (Fsp3) is 0.0435. The number of hydrogen-bond donors (Lipinski definition) is 0. The second kappa shape index (κ2) is 7.59. The highest BCUT2D eigenvalue weighted by molar-refractivity contribution is 5.80. The van der Waals surface area contributed by atoms with Gasteiger partial charge >= 0.3 is 6.18 Å². The topological polar surface area (TPSA) is 34.9 Å². The summed E-state index contributed by atoms with van der Waals surface area (Å²) in [5.74, 6) is -0.385. The van der Waals surface area contributed by atoms with E-state index in [0.717, 1.165) is 16.7 Å². The Morgan fingerprint density at radius 3 is 2.37 bits per heavy atom. The number of hydrogen-bond acceptors (Lipinski definition) is 2. The lowest BCUT2D eigenvalue weighted by molar-refractivity contribution is -0.137. The number of nitrogens with zero attached hydrogens (tertiary/aromatic N) is 2. The van der Waals surface area contributed by atoms with Crippen molar-refractivity contribution in [3.63, 3.8) is 0 Å². The van der Waals surface area contributed by atoms with Gasteiger partial charge in [0.2, 0.25) is 0 Å². The highest BCUT2D eigenvalue weighted by Crippen LogP contribution is 2.30. The first-order valence-corrected chi connectivity index (χ1v) is 8.96. The third kappa shape index (κ3) is 3.74. The van der Waals surface area contributed by atoms with E-state index in [9.17, 15) is 22.4 Å². The van der Waals surface area contributed by atoms with Crippen LogP contribution in [0.1, 0.15) is 17.0 Å². The van der Waals surface area contributed by atoms with E-state index in [2.05, 4.69) is 4.98 Å². The van der Waals surface area contributed by atoms with Crippen molar-refractivity contribution in [2.24, 2.45) is 0 Å². The van der Waals surface area contributed by atoms with Crippen LogP contribution in [0.2, 0.25) is 0 Å². The maximum absolute atomic E-state index is 14.0. The third-order valence-corrected chi connectivity index (χ3v) is 4.55. The van der Waals surface area contributed by atoms with Crippen molar-refractivity contribution in [3.8, 4) is 5.69 Å². The molecule has 150 valence electrons. The van der Waals surface area contributed by atoms with E-state index >= 15 is 0 Å². The summed E-state index contributed by atoms with van der Waals surface area (Å²) in [6, 6.07) is 17.0. The lowest BCUT2D eigenvalue weighted by Crippen LogP contribution is -2.22. The Hall–Kier alpha value is -3.74. The SMILES string of the molecule is O=c1c2ccccc2nc(/C=C\c2ccccc2F)n1-c1cccc(C(F)(F)F)c1. The number of halogens is 4. The van der Waals surface area contributed by atoms with Gasteiger partial charge in [-0.25, -0.2) is 9.37 Å². The molecule has 0 N–H and O–H groups in total. The fourth-order valence-corrected chi connectivity index (χ4v) is 3.11. The van der Waals surface area contributed by atoms with Gasteiger partial charge < -0.3 is 0 Å². The molecule has 3 nitrogen and oxygen atoms in total. The predicted molar refractivity (Wildman–Crippen MR) is 108 cm³/mol. The van der Waals surface area contributed by atoms with Gasteiger partial charge in [-0.05, 0) is 48.6 Å². The molecule has 0 bridgehead atoms. The Kier molecular flexibility index (Phi) is 4.95. The Morgan fingerprint density at radius 1 is 0.867 bits per heavy atom. The molecular weight excluding hydrogens is 396 g/mol. The Morgan fingerprint density at radius 2 is 1.60 bits per heavy atom. The molecule has 0 aliphatic heterocycles. The van der Waals surface area contributed by atoms with Gasteiger partial charge in [-0.15, -0.1) is 0 Å². The van der Waals surface area contributed by atoms with Crippen LogP contribution in [0.3, 0.4) is 0 Å². The molecule has 4 aromatic rings. The van der Waals surface area contributed by atoms with E-state index < -0.39 is 23.1 Å². The molecule has 0 saturated heterocycles. The second-order valence-electron chi connectivity index (χ2n) is 6.53. The minimum absolute atomic E-state index is 0.0151. The molecule has 0 unspecified atom stereocenters. The van der Waals surface area contributed by atoms with Crippen LogP contribution in [0, 0.1) is 5.82 Å². The molecule has 30 heavy (non-hydrogen) atoms. The van der Waals surface area contributed by atoms with Crippen molar-refractivity contribution in [1.29, 1.82) is 0 Å². The average Bonchev–Trinajstić information content (AvgIpc) is 2.73. The summed E-state index contributed by atoms with van der Waals surface area (Å²) in [4.78, 5) is 17.5. The van der Waals surface area contributed by atoms with Gasteiger partial charge in [0.15, 0.2) is 0 Å². The van der Waals surface area contributed by atoms with E-state index in [1.54, 1.807) is 42.5 Å². The van der Waals surface area contributed by atoms with Crippen molar-refractivity contribution >= 4 is 23.1 Å². The summed E-state index contributed by atoms with van der Waals surface area (Å²) in [6.07, 6.45) is -1.73. The first-order chi connectivity index (χ1) is 14.3. The predicted octanol–water partition coefficient (Wildman–Crippen LogP) is 5.71. The molecule has 0 aliphatic carbocycles. The molecule has 1 heterocycles. The van der Waals surface area contributed by atoms with Crippen LogP contribution < -0.4 is 5.56 Å². The molecule has 0 aliphatic rings. The third-order valence-electron chi connectivity index (χ3n) is 4.55. The molecule has 0 saturated carbocycles. The van der Waals surface area contributed by atoms with Crippen LogP contribution in [0.15, 0.2) is 77.6 Å². The highest BCUT2D eigenvalue weighted by atomic mass is 19.4. The number of fused-ring (bicyclic) bond motifs is 1. The largest absolute Gasteiger partial charge is 0.416 e. The Balaban J connectivity index is 1.96. The van der Waals surface area contributed by atoms with E-state index in [4.69, 9.17) is 0 Å². The summed E-state index contributed by atoms with van der Waals surface area (Å²) in [5.41, 5.74) is -0.743. The van der Waals surface area contributed by atoms with Gasteiger partial charge in [0, 0.05) is 5.56 Å². The highest BCUT2D eigenvalue weighted by Gasteiger charge is 2.30. The summed E-state index contributed by atoms with van der Waals surface area (Å²) in [7, 11) is 0. The van der Waals surface area contributed by atoms with Crippen molar-refractivity contribution in [2.45, 2.75) is 6.18 Å². The number of rotatable bonds is 3. The molecule has 1 aromatic heterocycles. The van der Waals surface area contributed by atoms with E-state index in [1.807, 2.05) is 0 Å². The van der Waals surface area contributed by atoms with E-state index in [1.165, 1.54) is 30.4 Å². The molecule has 4 rings (SSSR count). The minimum atomic E-state index is -4.56. The molecule has 7 heteroatoms. The monoisotopic (exact) mass is 410 g/mol. The quantitative estimate of drug-likeness (QED) is 0.405. The zero-order valence-corrected chi connectivity index (χ0v) is 15.4. The van der Waals surface area contributed by atoms with Crippen molar-refractivity contribution < 1.29 is 17.6 Å². The summed E-state index contributed by atoms with van der Waals surface area (Å²) < 4.78 is 54.6. The maximum atomic E-state index is 14.0. The van der Waals surface area contributed by atoms with E-state index in [-0.39, 0.29) is 22.5 Å². The Bertz CT molecular complexity index is 1320. The summed E-state index contributed by atoms with van der Waals surface area (Å²) in [5, 5.41) is 0.262. The first-order valence-electron chi connectivity index (χ1n) is 8.96. The molecular formula is C23H14F4N2O. The molecule has 0 spiro atoms. The zero-order chi connectivity index (χ0) is 21.3. The van der Waals surface area contributed by atoms with Gasteiger partial charge in [-0.2, -0.15) is 13.2 Å². The molecule has 0 fully saturated rings. The van der Waals surface area contributed by atoms with Crippen LogP contribution in [0.4, 0.5) is 17.6 Å². The van der Waals surface area contributed by atoms with Crippen molar-refractivity contribution in [2.75, 3.05) is 0 Å².